The number of aryl methyl sites for hydroxylation is 1. The van der Waals surface area contributed by atoms with Crippen LogP contribution in [0.2, 0.25) is 0 Å². The van der Waals surface area contributed by atoms with Crippen LogP contribution in [0.4, 0.5) is 11.4 Å². The molecular formula is C22H17N5O. The SMILES string of the molecule is Cn1ccc2ccc(-c3cc(Nc4ccc[nH]c4=O)cc4nccnc34)cc21. The van der Waals surface area contributed by atoms with Gasteiger partial charge in [-0.25, -0.2) is 0 Å². The molecule has 2 N–H and O–H groups in total. The van der Waals surface area contributed by atoms with Crippen molar-refractivity contribution >= 4 is 33.3 Å². The van der Waals surface area contributed by atoms with Gasteiger partial charge in [-0.05, 0) is 47.3 Å². The Kier molecular flexibility index (Phi) is 3.69. The van der Waals surface area contributed by atoms with E-state index in [4.69, 9.17) is 0 Å². The molecule has 0 bridgehead atoms. The smallest absolute Gasteiger partial charge is 0.271 e. The minimum absolute atomic E-state index is 0.173. The lowest BCUT2D eigenvalue weighted by Gasteiger charge is -2.11. The maximum absolute atomic E-state index is 12.0. The van der Waals surface area contributed by atoms with Crippen molar-refractivity contribution in [1.29, 1.82) is 0 Å². The van der Waals surface area contributed by atoms with E-state index in [1.807, 2.05) is 25.4 Å². The summed E-state index contributed by atoms with van der Waals surface area (Å²) in [5, 5.41) is 4.39. The quantitative estimate of drug-likeness (QED) is 0.501. The van der Waals surface area contributed by atoms with Crippen LogP contribution in [0.5, 0.6) is 0 Å². The van der Waals surface area contributed by atoms with Crippen molar-refractivity contribution in [2.24, 2.45) is 7.05 Å². The second kappa shape index (κ2) is 6.35. The molecule has 0 saturated carbocycles. The molecular weight excluding hydrogens is 350 g/mol. The molecule has 0 amide bonds. The van der Waals surface area contributed by atoms with Crippen molar-refractivity contribution in [2.45, 2.75) is 0 Å². The zero-order valence-electron chi connectivity index (χ0n) is 15.2. The van der Waals surface area contributed by atoms with E-state index in [0.717, 1.165) is 33.4 Å². The topological polar surface area (TPSA) is 75.6 Å². The van der Waals surface area contributed by atoms with Crippen LogP contribution < -0.4 is 10.9 Å². The van der Waals surface area contributed by atoms with Gasteiger partial charge in [0, 0.05) is 48.6 Å². The summed E-state index contributed by atoms with van der Waals surface area (Å²) in [7, 11) is 2.03. The number of nitrogens with one attached hydrogen (secondary N) is 2. The van der Waals surface area contributed by atoms with Crippen molar-refractivity contribution < 1.29 is 0 Å². The normalized spacial score (nSPS) is 11.2. The van der Waals surface area contributed by atoms with Crippen LogP contribution in [-0.2, 0) is 7.05 Å². The third-order valence-corrected chi connectivity index (χ3v) is 4.87. The minimum atomic E-state index is -0.173. The first kappa shape index (κ1) is 16.3. The van der Waals surface area contributed by atoms with Gasteiger partial charge in [0.2, 0.25) is 0 Å². The fraction of sp³-hybridized carbons (Fsp3) is 0.0455. The average Bonchev–Trinajstić information content (AvgIpc) is 3.09. The van der Waals surface area contributed by atoms with Gasteiger partial charge in [-0.2, -0.15) is 0 Å². The largest absolute Gasteiger partial charge is 0.351 e. The van der Waals surface area contributed by atoms with Gasteiger partial charge < -0.3 is 14.9 Å². The molecule has 0 aliphatic heterocycles. The second-order valence-corrected chi connectivity index (χ2v) is 6.69. The number of hydrogen-bond donors (Lipinski definition) is 2. The first-order chi connectivity index (χ1) is 13.7. The van der Waals surface area contributed by atoms with Gasteiger partial charge in [0.25, 0.3) is 5.56 Å². The van der Waals surface area contributed by atoms with E-state index in [1.54, 1.807) is 30.7 Å². The van der Waals surface area contributed by atoms with Gasteiger partial charge in [0.15, 0.2) is 0 Å². The monoisotopic (exact) mass is 367 g/mol. The van der Waals surface area contributed by atoms with Crippen LogP contribution >= 0.6 is 0 Å². The van der Waals surface area contributed by atoms with Crippen LogP contribution in [0.3, 0.4) is 0 Å². The van der Waals surface area contributed by atoms with E-state index < -0.39 is 0 Å². The Morgan fingerprint density at radius 3 is 2.82 bits per heavy atom. The van der Waals surface area contributed by atoms with E-state index in [0.29, 0.717) is 5.69 Å². The number of nitrogens with zero attached hydrogens (tertiary/aromatic N) is 3. The molecule has 2 aromatic carbocycles. The number of fused-ring (bicyclic) bond motifs is 2. The summed E-state index contributed by atoms with van der Waals surface area (Å²) >= 11 is 0. The number of anilines is 2. The lowest BCUT2D eigenvalue weighted by molar-refractivity contribution is 0.969. The lowest BCUT2D eigenvalue weighted by atomic mass is 10.0. The molecule has 5 rings (SSSR count). The highest BCUT2D eigenvalue weighted by Crippen LogP contribution is 2.32. The Morgan fingerprint density at radius 2 is 1.93 bits per heavy atom. The van der Waals surface area contributed by atoms with Gasteiger partial charge in [-0.1, -0.05) is 12.1 Å². The summed E-state index contributed by atoms with van der Waals surface area (Å²) in [4.78, 5) is 23.7. The maximum Gasteiger partial charge on any atom is 0.271 e. The van der Waals surface area contributed by atoms with E-state index in [-0.39, 0.29) is 5.56 Å². The molecule has 3 aromatic heterocycles. The Balaban J connectivity index is 1.71. The molecule has 28 heavy (non-hydrogen) atoms. The summed E-state index contributed by atoms with van der Waals surface area (Å²) < 4.78 is 2.10. The van der Waals surface area contributed by atoms with Gasteiger partial charge >= 0.3 is 0 Å². The molecule has 6 nitrogen and oxygen atoms in total. The van der Waals surface area contributed by atoms with Gasteiger partial charge in [-0.3, -0.25) is 14.8 Å². The van der Waals surface area contributed by atoms with Gasteiger partial charge in [0.1, 0.15) is 5.69 Å². The van der Waals surface area contributed by atoms with Crippen LogP contribution in [0, 0.1) is 0 Å². The number of pyridine rings is 1. The molecule has 0 aliphatic carbocycles. The predicted molar refractivity (Wildman–Crippen MR) is 112 cm³/mol. The van der Waals surface area contributed by atoms with Crippen molar-refractivity contribution in [1.82, 2.24) is 19.5 Å². The lowest BCUT2D eigenvalue weighted by Crippen LogP contribution is -2.10. The van der Waals surface area contributed by atoms with Crippen molar-refractivity contribution in [3.05, 3.63) is 83.7 Å². The first-order valence-electron chi connectivity index (χ1n) is 8.94. The molecule has 0 atom stereocenters. The molecule has 5 aromatic rings. The summed E-state index contributed by atoms with van der Waals surface area (Å²) in [5.41, 5.74) is 5.83. The van der Waals surface area contributed by atoms with Crippen molar-refractivity contribution in [3.8, 4) is 11.1 Å². The van der Waals surface area contributed by atoms with E-state index >= 15 is 0 Å². The minimum Gasteiger partial charge on any atom is -0.351 e. The van der Waals surface area contributed by atoms with Gasteiger partial charge in [0.05, 0.1) is 11.0 Å². The zero-order valence-corrected chi connectivity index (χ0v) is 15.2. The van der Waals surface area contributed by atoms with E-state index in [9.17, 15) is 4.79 Å². The third kappa shape index (κ3) is 2.72. The summed E-state index contributed by atoms with van der Waals surface area (Å²) in [6.07, 6.45) is 7.03. The Hall–Kier alpha value is -3.93. The van der Waals surface area contributed by atoms with Crippen LogP contribution in [0.1, 0.15) is 0 Å². The summed E-state index contributed by atoms with van der Waals surface area (Å²) in [6.45, 7) is 0. The number of benzene rings is 2. The zero-order chi connectivity index (χ0) is 19.1. The second-order valence-electron chi connectivity index (χ2n) is 6.69. The molecule has 0 spiro atoms. The van der Waals surface area contributed by atoms with Crippen LogP contribution in [0.15, 0.2) is 78.1 Å². The first-order valence-corrected chi connectivity index (χ1v) is 8.94. The fourth-order valence-corrected chi connectivity index (χ4v) is 3.47. The molecule has 0 fully saturated rings. The average molecular weight is 367 g/mol. The number of hydrogen-bond acceptors (Lipinski definition) is 4. The molecule has 136 valence electrons. The maximum atomic E-state index is 12.0. The highest BCUT2D eigenvalue weighted by atomic mass is 16.1. The highest BCUT2D eigenvalue weighted by Gasteiger charge is 2.11. The molecule has 0 saturated heterocycles. The van der Waals surface area contributed by atoms with Gasteiger partial charge in [-0.15, -0.1) is 0 Å². The van der Waals surface area contributed by atoms with Crippen molar-refractivity contribution in [3.63, 3.8) is 0 Å². The Bertz CT molecular complexity index is 1380. The van der Waals surface area contributed by atoms with E-state index in [1.165, 1.54) is 5.39 Å². The standard InChI is InChI=1S/C22H17N5O/c1-27-10-6-14-4-5-15(11-20(14)27)17-12-16(13-19-21(17)24-9-8-23-19)26-18-3-2-7-25-22(18)28/h2-13,26H,1H3,(H,25,28). The molecule has 6 heteroatoms. The fourth-order valence-electron chi connectivity index (χ4n) is 3.47. The number of aromatic amines is 1. The van der Waals surface area contributed by atoms with Crippen LogP contribution in [0.25, 0.3) is 33.1 Å². The third-order valence-electron chi connectivity index (χ3n) is 4.87. The van der Waals surface area contributed by atoms with E-state index in [2.05, 4.69) is 49.1 Å². The molecule has 3 heterocycles. The Labute approximate surface area is 160 Å². The molecule has 0 unspecified atom stereocenters. The highest BCUT2D eigenvalue weighted by molar-refractivity contribution is 5.97. The summed E-state index contributed by atoms with van der Waals surface area (Å²) in [6, 6.07) is 15.9. The van der Waals surface area contributed by atoms with Crippen molar-refractivity contribution in [2.75, 3.05) is 5.32 Å². The predicted octanol–water partition coefficient (Wildman–Crippen LogP) is 4.22. The number of rotatable bonds is 3. The molecule has 0 aliphatic rings. The molecule has 0 radical (unpaired) electrons. The van der Waals surface area contributed by atoms with Crippen LogP contribution in [-0.4, -0.2) is 19.5 Å². The number of H-pyrrole nitrogens is 1. The Morgan fingerprint density at radius 1 is 1.04 bits per heavy atom. The summed E-state index contributed by atoms with van der Waals surface area (Å²) in [5.74, 6) is 0. The number of aromatic nitrogens is 4.